The van der Waals surface area contributed by atoms with E-state index in [0.29, 0.717) is 17.0 Å². The smallest absolute Gasteiger partial charge is 0.251 e. The Bertz CT molecular complexity index is 471. The van der Waals surface area contributed by atoms with Crippen LogP contribution < -0.4 is 15.8 Å². The first-order valence-electron chi connectivity index (χ1n) is 6.91. The summed E-state index contributed by atoms with van der Waals surface area (Å²) in [5.74, 6) is 0.500. The number of anilines is 1. The number of nitrogen functional groups attached to an aromatic ring is 1. The molecule has 0 aromatic heterocycles. The lowest BCUT2D eigenvalue weighted by molar-refractivity contribution is 0.0928. The standard InChI is InChI=1S/C15H22N2O2S/c1-19-14-9-10(3-8-13(14)16)15(18)17-11-4-6-12(20-2)7-5-11/h3,8-9,11-12H,4-7,16H2,1-2H3,(H,17,18). The van der Waals surface area contributed by atoms with Crippen molar-refractivity contribution in [1.82, 2.24) is 5.32 Å². The maximum atomic E-state index is 12.2. The van der Waals surface area contributed by atoms with Crippen molar-refractivity contribution in [3.8, 4) is 5.75 Å². The molecule has 0 unspecified atom stereocenters. The summed E-state index contributed by atoms with van der Waals surface area (Å²) in [4.78, 5) is 12.2. The van der Waals surface area contributed by atoms with E-state index in [0.717, 1.165) is 18.1 Å². The summed E-state index contributed by atoms with van der Waals surface area (Å²) in [5.41, 5.74) is 6.90. The molecular weight excluding hydrogens is 272 g/mol. The third-order valence-electron chi connectivity index (χ3n) is 3.84. The van der Waals surface area contributed by atoms with Crippen molar-refractivity contribution in [3.05, 3.63) is 23.8 Å². The van der Waals surface area contributed by atoms with E-state index >= 15 is 0 Å². The monoisotopic (exact) mass is 294 g/mol. The maximum Gasteiger partial charge on any atom is 0.251 e. The average molecular weight is 294 g/mol. The van der Waals surface area contributed by atoms with Gasteiger partial charge in [-0.25, -0.2) is 0 Å². The number of methoxy groups -OCH3 is 1. The quantitative estimate of drug-likeness (QED) is 0.838. The second kappa shape index (κ2) is 6.88. The third kappa shape index (κ3) is 3.60. The average Bonchev–Trinajstić information content (AvgIpc) is 2.48. The normalized spacial score (nSPS) is 22.3. The Labute approximate surface area is 124 Å². The number of rotatable bonds is 4. The summed E-state index contributed by atoms with van der Waals surface area (Å²) < 4.78 is 5.15. The molecule has 1 fully saturated rings. The van der Waals surface area contributed by atoms with Crippen molar-refractivity contribution in [1.29, 1.82) is 0 Å². The van der Waals surface area contributed by atoms with E-state index in [4.69, 9.17) is 10.5 Å². The zero-order valence-corrected chi connectivity index (χ0v) is 12.8. The molecule has 1 aliphatic carbocycles. The second-order valence-electron chi connectivity index (χ2n) is 5.14. The van der Waals surface area contributed by atoms with Gasteiger partial charge in [0, 0.05) is 16.9 Å². The largest absolute Gasteiger partial charge is 0.495 e. The lowest BCUT2D eigenvalue weighted by Gasteiger charge is -2.28. The second-order valence-corrected chi connectivity index (χ2v) is 6.28. The molecule has 5 heteroatoms. The Kier molecular flexibility index (Phi) is 5.17. The van der Waals surface area contributed by atoms with Gasteiger partial charge < -0.3 is 15.8 Å². The molecule has 0 saturated heterocycles. The number of nitrogens with two attached hydrogens (primary N) is 1. The fraction of sp³-hybridized carbons (Fsp3) is 0.533. The number of carbonyl (C=O) groups excluding carboxylic acids is 1. The summed E-state index contributed by atoms with van der Waals surface area (Å²) >= 11 is 1.93. The van der Waals surface area contributed by atoms with Crippen LogP contribution in [0.15, 0.2) is 18.2 Å². The van der Waals surface area contributed by atoms with Gasteiger partial charge in [0.1, 0.15) is 5.75 Å². The summed E-state index contributed by atoms with van der Waals surface area (Å²) in [7, 11) is 1.55. The Balaban J connectivity index is 1.95. The molecule has 1 saturated carbocycles. The molecule has 0 spiro atoms. The molecule has 4 nitrogen and oxygen atoms in total. The molecule has 0 heterocycles. The van der Waals surface area contributed by atoms with Gasteiger partial charge in [0.05, 0.1) is 12.8 Å². The fourth-order valence-corrected chi connectivity index (χ4v) is 3.31. The summed E-state index contributed by atoms with van der Waals surface area (Å²) in [6.07, 6.45) is 6.63. The number of carbonyl (C=O) groups is 1. The maximum absolute atomic E-state index is 12.2. The van der Waals surface area contributed by atoms with Gasteiger partial charge in [-0.3, -0.25) is 4.79 Å². The highest BCUT2D eigenvalue weighted by molar-refractivity contribution is 7.99. The van der Waals surface area contributed by atoms with Crippen molar-refractivity contribution in [2.45, 2.75) is 37.0 Å². The highest BCUT2D eigenvalue weighted by atomic mass is 32.2. The number of thioether (sulfide) groups is 1. The summed E-state index contributed by atoms with van der Waals surface area (Å²) in [6.45, 7) is 0. The van der Waals surface area contributed by atoms with Crippen LogP contribution in [0.4, 0.5) is 5.69 Å². The summed E-state index contributed by atoms with van der Waals surface area (Å²) in [6, 6.07) is 5.42. The van der Waals surface area contributed by atoms with Gasteiger partial charge in [0.25, 0.3) is 5.91 Å². The van der Waals surface area contributed by atoms with Crippen molar-refractivity contribution in [2.75, 3.05) is 19.1 Å². The van der Waals surface area contributed by atoms with Crippen LogP contribution >= 0.6 is 11.8 Å². The lowest BCUT2D eigenvalue weighted by atomic mass is 9.94. The van der Waals surface area contributed by atoms with Crippen LogP contribution in [0.25, 0.3) is 0 Å². The van der Waals surface area contributed by atoms with Gasteiger partial charge in [-0.1, -0.05) is 0 Å². The van der Waals surface area contributed by atoms with Crippen LogP contribution in [-0.4, -0.2) is 30.6 Å². The molecule has 0 atom stereocenters. The fourth-order valence-electron chi connectivity index (χ4n) is 2.56. The van der Waals surface area contributed by atoms with E-state index in [1.165, 1.54) is 12.8 Å². The number of amides is 1. The first kappa shape index (κ1) is 15.0. The minimum absolute atomic E-state index is 0.0455. The van der Waals surface area contributed by atoms with Crippen LogP contribution in [0.2, 0.25) is 0 Å². The molecule has 1 aliphatic rings. The van der Waals surface area contributed by atoms with Gasteiger partial charge >= 0.3 is 0 Å². The van der Waals surface area contributed by atoms with Crippen molar-refractivity contribution in [3.63, 3.8) is 0 Å². The number of ether oxygens (including phenoxy) is 1. The zero-order valence-electron chi connectivity index (χ0n) is 12.0. The molecule has 1 aromatic rings. The molecule has 0 aliphatic heterocycles. The lowest BCUT2D eigenvalue weighted by Crippen LogP contribution is -2.38. The van der Waals surface area contributed by atoms with E-state index in [9.17, 15) is 4.79 Å². The van der Waals surface area contributed by atoms with E-state index in [-0.39, 0.29) is 11.9 Å². The first-order chi connectivity index (χ1) is 9.63. The van der Waals surface area contributed by atoms with E-state index in [1.807, 2.05) is 11.8 Å². The first-order valence-corrected chi connectivity index (χ1v) is 8.20. The number of benzene rings is 1. The molecule has 0 radical (unpaired) electrons. The molecular formula is C15H22N2O2S. The van der Waals surface area contributed by atoms with Crippen LogP contribution in [0.3, 0.4) is 0 Å². The van der Waals surface area contributed by atoms with Crippen LogP contribution in [0.1, 0.15) is 36.0 Å². The number of nitrogens with one attached hydrogen (secondary N) is 1. The molecule has 1 amide bonds. The number of hydrogen-bond donors (Lipinski definition) is 2. The minimum Gasteiger partial charge on any atom is -0.495 e. The van der Waals surface area contributed by atoms with E-state index in [1.54, 1.807) is 25.3 Å². The molecule has 3 N–H and O–H groups in total. The Hall–Kier alpha value is -1.36. The third-order valence-corrected chi connectivity index (χ3v) is 4.98. The van der Waals surface area contributed by atoms with Crippen LogP contribution in [0.5, 0.6) is 5.75 Å². The minimum atomic E-state index is -0.0455. The molecule has 1 aromatic carbocycles. The van der Waals surface area contributed by atoms with Gasteiger partial charge in [-0.05, 0) is 50.1 Å². The Morgan fingerprint density at radius 2 is 2.05 bits per heavy atom. The van der Waals surface area contributed by atoms with Gasteiger partial charge in [0.2, 0.25) is 0 Å². The molecule has 110 valence electrons. The zero-order chi connectivity index (χ0) is 14.5. The van der Waals surface area contributed by atoms with Gasteiger partial charge in [-0.15, -0.1) is 0 Å². The molecule has 0 bridgehead atoms. The van der Waals surface area contributed by atoms with Gasteiger partial charge in [-0.2, -0.15) is 11.8 Å². The highest BCUT2D eigenvalue weighted by Crippen LogP contribution is 2.27. The Morgan fingerprint density at radius 3 is 2.65 bits per heavy atom. The van der Waals surface area contributed by atoms with E-state index in [2.05, 4.69) is 11.6 Å². The van der Waals surface area contributed by atoms with Crippen molar-refractivity contribution >= 4 is 23.4 Å². The Morgan fingerprint density at radius 1 is 1.35 bits per heavy atom. The predicted octanol–water partition coefficient (Wildman–Crippen LogP) is 2.68. The SMILES string of the molecule is COc1cc(C(=O)NC2CCC(SC)CC2)ccc1N. The van der Waals surface area contributed by atoms with Crippen LogP contribution in [0, 0.1) is 0 Å². The predicted molar refractivity (Wildman–Crippen MR) is 84.4 cm³/mol. The van der Waals surface area contributed by atoms with Crippen molar-refractivity contribution in [2.24, 2.45) is 0 Å². The topological polar surface area (TPSA) is 64.3 Å². The van der Waals surface area contributed by atoms with Crippen molar-refractivity contribution < 1.29 is 9.53 Å². The summed E-state index contributed by atoms with van der Waals surface area (Å²) in [5, 5.41) is 3.86. The van der Waals surface area contributed by atoms with Crippen LogP contribution in [-0.2, 0) is 0 Å². The van der Waals surface area contributed by atoms with Gasteiger partial charge in [0.15, 0.2) is 0 Å². The van der Waals surface area contributed by atoms with E-state index < -0.39 is 0 Å². The molecule has 20 heavy (non-hydrogen) atoms. The highest BCUT2D eigenvalue weighted by Gasteiger charge is 2.22. The number of hydrogen-bond acceptors (Lipinski definition) is 4. The molecule has 2 rings (SSSR count).